The summed E-state index contributed by atoms with van der Waals surface area (Å²) < 4.78 is 1.68. The summed E-state index contributed by atoms with van der Waals surface area (Å²) in [5.74, 6) is 0.741. The average molecular weight is 364 g/mol. The summed E-state index contributed by atoms with van der Waals surface area (Å²) >= 11 is 0. The number of aromatic amines is 1. The van der Waals surface area contributed by atoms with E-state index in [4.69, 9.17) is 4.98 Å². The smallest absolute Gasteiger partial charge is 0.266 e. The number of piperidine rings is 1. The molecule has 7 heteroatoms. The summed E-state index contributed by atoms with van der Waals surface area (Å²) in [6.45, 7) is 1.94. The van der Waals surface area contributed by atoms with Gasteiger partial charge in [-0.1, -0.05) is 12.8 Å². The molecule has 2 aliphatic rings. The van der Waals surface area contributed by atoms with Gasteiger partial charge in [-0.3, -0.25) is 19.4 Å². The van der Waals surface area contributed by atoms with Gasteiger partial charge < -0.3 is 4.90 Å². The highest BCUT2D eigenvalue weighted by Gasteiger charge is 2.37. The third-order valence-corrected chi connectivity index (χ3v) is 6.50. The molecule has 3 aromatic heterocycles. The lowest BCUT2D eigenvalue weighted by atomic mass is 9.77. The molecule has 2 fully saturated rings. The van der Waals surface area contributed by atoms with Gasteiger partial charge in [-0.2, -0.15) is 10.1 Å². The first-order valence-electron chi connectivity index (χ1n) is 9.77. The Labute approximate surface area is 157 Å². The van der Waals surface area contributed by atoms with Crippen molar-refractivity contribution in [3.8, 4) is 11.3 Å². The summed E-state index contributed by atoms with van der Waals surface area (Å²) in [7, 11) is 1.81. The van der Waals surface area contributed by atoms with Gasteiger partial charge in [-0.05, 0) is 43.2 Å². The third kappa shape index (κ3) is 2.64. The van der Waals surface area contributed by atoms with Gasteiger partial charge in [-0.25, -0.2) is 0 Å². The van der Waals surface area contributed by atoms with Crippen molar-refractivity contribution in [3.05, 3.63) is 34.9 Å². The maximum Gasteiger partial charge on any atom is 0.266 e. The molecule has 3 aromatic rings. The van der Waals surface area contributed by atoms with Gasteiger partial charge in [0.25, 0.3) is 5.56 Å². The van der Waals surface area contributed by atoms with E-state index in [0.717, 1.165) is 24.6 Å². The number of hydrogen-bond donors (Lipinski definition) is 1. The summed E-state index contributed by atoms with van der Waals surface area (Å²) in [6.07, 6.45) is 11.3. The van der Waals surface area contributed by atoms with Gasteiger partial charge in [0.15, 0.2) is 5.65 Å². The fraction of sp³-hybridized carbons (Fsp3) is 0.500. The number of nitrogens with zero attached hydrogens (tertiary/aromatic N) is 5. The molecule has 0 atom stereocenters. The molecule has 0 amide bonds. The summed E-state index contributed by atoms with van der Waals surface area (Å²) in [5, 5.41) is 7.86. The zero-order valence-electron chi connectivity index (χ0n) is 15.6. The Morgan fingerprint density at radius 2 is 1.78 bits per heavy atom. The van der Waals surface area contributed by atoms with Crippen LogP contribution in [0.2, 0.25) is 0 Å². The van der Waals surface area contributed by atoms with E-state index in [1.807, 2.05) is 19.2 Å². The molecule has 1 spiro atoms. The van der Waals surface area contributed by atoms with Crippen LogP contribution in [0.15, 0.2) is 29.3 Å². The van der Waals surface area contributed by atoms with Crippen LogP contribution in [0.3, 0.4) is 0 Å². The molecule has 0 unspecified atom stereocenters. The van der Waals surface area contributed by atoms with E-state index in [1.54, 1.807) is 17.0 Å². The van der Waals surface area contributed by atoms with Crippen molar-refractivity contribution in [2.24, 2.45) is 12.5 Å². The number of H-pyrrole nitrogens is 1. The fourth-order valence-electron chi connectivity index (χ4n) is 4.86. The highest BCUT2D eigenvalue weighted by Crippen LogP contribution is 2.46. The Kier molecular flexibility index (Phi) is 3.77. The third-order valence-electron chi connectivity index (χ3n) is 6.50. The zero-order chi connectivity index (χ0) is 18.4. The maximum absolute atomic E-state index is 13.1. The molecule has 0 aromatic carbocycles. The first kappa shape index (κ1) is 16.5. The SMILES string of the molecule is Cn1c(N2CCC3(CCCC3)CC2)nc2[nH]nc(-c3ccncc3)c2c1=O. The Bertz CT molecular complexity index is 1020. The first-order chi connectivity index (χ1) is 13.2. The van der Waals surface area contributed by atoms with Crippen molar-refractivity contribution in [3.63, 3.8) is 0 Å². The van der Waals surface area contributed by atoms with Crippen LogP contribution >= 0.6 is 0 Å². The Morgan fingerprint density at radius 1 is 1.07 bits per heavy atom. The minimum atomic E-state index is -0.0586. The van der Waals surface area contributed by atoms with Gasteiger partial charge in [-0.15, -0.1) is 0 Å². The zero-order valence-corrected chi connectivity index (χ0v) is 15.6. The molecule has 1 N–H and O–H groups in total. The van der Waals surface area contributed by atoms with E-state index in [1.165, 1.54) is 38.5 Å². The molecule has 1 saturated carbocycles. The summed E-state index contributed by atoms with van der Waals surface area (Å²) in [6, 6.07) is 3.71. The van der Waals surface area contributed by atoms with Gasteiger partial charge in [0, 0.05) is 38.1 Å². The van der Waals surface area contributed by atoms with Crippen molar-refractivity contribution in [2.45, 2.75) is 38.5 Å². The Balaban J connectivity index is 1.52. The summed E-state index contributed by atoms with van der Waals surface area (Å²) in [5.41, 5.74) is 2.54. The number of pyridine rings is 1. The number of nitrogens with one attached hydrogen (secondary N) is 1. The maximum atomic E-state index is 13.1. The Hall–Kier alpha value is -2.70. The molecule has 7 nitrogen and oxygen atoms in total. The fourth-order valence-corrected chi connectivity index (χ4v) is 4.86. The van der Waals surface area contributed by atoms with Crippen LogP contribution in [0.25, 0.3) is 22.3 Å². The number of fused-ring (bicyclic) bond motifs is 1. The molecule has 140 valence electrons. The topological polar surface area (TPSA) is 79.7 Å². The number of aromatic nitrogens is 5. The average Bonchev–Trinajstić information content (AvgIpc) is 3.34. The van der Waals surface area contributed by atoms with Crippen LogP contribution < -0.4 is 10.5 Å². The molecule has 1 aliphatic heterocycles. The molecular formula is C20H24N6O. The molecule has 0 bridgehead atoms. The molecule has 1 saturated heterocycles. The van der Waals surface area contributed by atoms with Crippen LogP contribution in [0.1, 0.15) is 38.5 Å². The van der Waals surface area contributed by atoms with E-state index >= 15 is 0 Å². The van der Waals surface area contributed by atoms with Crippen LogP contribution in [0.5, 0.6) is 0 Å². The quantitative estimate of drug-likeness (QED) is 0.756. The van der Waals surface area contributed by atoms with Crippen molar-refractivity contribution in [2.75, 3.05) is 18.0 Å². The first-order valence-corrected chi connectivity index (χ1v) is 9.77. The molecule has 4 heterocycles. The number of hydrogen-bond acceptors (Lipinski definition) is 5. The van der Waals surface area contributed by atoms with E-state index < -0.39 is 0 Å². The lowest BCUT2D eigenvalue weighted by molar-refractivity contribution is 0.225. The van der Waals surface area contributed by atoms with Crippen LogP contribution in [0, 0.1) is 5.41 Å². The largest absolute Gasteiger partial charge is 0.342 e. The molecular weight excluding hydrogens is 340 g/mol. The predicted molar refractivity (Wildman–Crippen MR) is 105 cm³/mol. The van der Waals surface area contributed by atoms with E-state index in [9.17, 15) is 4.79 Å². The van der Waals surface area contributed by atoms with Crippen molar-refractivity contribution in [1.82, 2.24) is 24.7 Å². The highest BCUT2D eigenvalue weighted by molar-refractivity contribution is 5.90. The van der Waals surface area contributed by atoms with Gasteiger partial charge >= 0.3 is 0 Å². The van der Waals surface area contributed by atoms with E-state index in [2.05, 4.69) is 20.1 Å². The second-order valence-electron chi connectivity index (χ2n) is 8.00. The monoisotopic (exact) mass is 364 g/mol. The second kappa shape index (κ2) is 6.18. The van der Waals surface area contributed by atoms with E-state index in [-0.39, 0.29) is 5.56 Å². The minimum Gasteiger partial charge on any atom is -0.342 e. The molecule has 27 heavy (non-hydrogen) atoms. The lowest BCUT2D eigenvalue weighted by Gasteiger charge is -2.40. The van der Waals surface area contributed by atoms with Crippen LogP contribution in [-0.2, 0) is 7.05 Å². The molecule has 0 radical (unpaired) electrons. The van der Waals surface area contributed by atoms with Gasteiger partial charge in [0.1, 0.15) is 11.1 Å². The van der Waals surface area contributed by atoms with Gasteiger partial charge in [0.2, 0.25) is 5.95 Å². The minimum absolute atomic E-state index is 0.0586. The number of rotatable bonds is 2. The van der Waals surface area contributed by atoms with Crippen molar-refractivity contribution in [1.29, 1.82) is 0 Å². The second-order valence-corrected chi connectivity index (χ2v) is 8.00. The highest BCUT2D eigenvalue weighted by atomic mass is 16.1. The van der Waals surface area contributed by atoms with Crippen LogP contribution in [0.4, 0.5) is 5.95 Å². The predicted octanol–water partition coefficient (Wildman–Crippen LogP) is 2.88. The lowest BCUT2D eigenvalue weighted by Crippen LogP contribution is -2.41. The number of anilines is 1. The molecule has 1 aliphatic carbocycles. The summed E-state index contributed by atoms with van der Waals surface area (Å²) in [4.78, 5) is 24.2. The molecule has 5 rings (SSSR count). The normalized spacial score (nSPS) is 19.2. The van der Waals surface area contributed by atoms with E-state index in [0.29, 0.717) is 22.1 Å². The van der Waals surface area contributed by atoms with Gasteiger partial charge in [0.05, 0.1) is 0 Å². The Morgan fingerprint density at radius 3 is 2.48 bits per heavy atom. The standard InChI is InChI=1S/C20H24N6O/c1-25-18(27)15-16(14-4-10-21-11-5-14)23-24-17(15)22-19(25)26-12-8-20(9-13-26)6-2-3-7-20/h4-5,10-11H,2-3,6-9,12-13H2,1H3,(H,23,24). The van der Waals surface area contributed by atoms with Crippen molar-refractivity contribution >= 4 is 17.0 Å². The van der Waals surface area contributed by atoms with Crippen LogP contribution in [-0.4, -0.2) is 37.8 Å². The van der Waals surface area contributed by atoms with Crippen molar-refractivity contribution < 1.29 is 0 Å².